The number of hydrogen-bond donors (Lipinski definition) is 0. The molecule has 1 saturated heterocycles. The highest BCUT2D eigenvalue weighted by Crippen LogP contribution is 2.41. The van der Waals surface area contributed by atoms with E-state index in [1.165, 1.54) is 5.70 Å². The molecule has 0 amide bonds. The zero-order chi connectivity index (χ0) is 17.6. The molecule has 2 atom stereocenters. The van der Waals surface area contributed by atoms with Crippen LogP contribution in [0, 0.1) is 16.0 Å². The van der Waals surface area contributed by atoms with Crippen molar-refractivity contribution in [3.63, 3.8) is 0 Å². The van der Waals surface area contributed by atoms with E-state index in [-0.39, 0.29) is 23.3 Å². The van der Waals surface area contributed by atoms with Gasteiger partial charge in [-0.15, -0.1) is 0 Å². The Morgan fingerprint density at radius 2 is 2.12 bits per heavy atom. The Morgan fingerprint density at radius 1 is 1.36 bits per heavy atom. The van der Waals surface area contributed by atoms with Gasteiger partial charge in [-0.3, -0.25) is 10.1 Å². The second-order valence-corrected chi connectivity index (χ2v) is 6.63. The summed E-state index contributed by atoms with van der Waals surface area (Å²) in [7, 11) is 1.63. The number of allylic oxidation sites excluding steroid dienone is 2. The van der Waals surface area contributed by atoms with Crippen LogP contribution < -0.4 is 4.74 Å². The van der Waals surface area contributed by atoms with Crippen molar-refractivity contribution >= 4 is 0 Å². The normalized spacial score (nSPS) is 22.2. The van der Waals surface area contributed by atoms with Crippen molar-refractivity contribution in [3.05, 3.63) is 51.7 Å². The topological polar surface area (TPSA) is 64.8 Å². The summed E-state index contributed by atoms with van der Waals surface area (Å²) in [5.74, 6) is 0.704. The third-order valence-corrected chi connectivity index (χ3v) is 5.20. The summed E-state index contributed by atoms with van der Waals surface area (Å²) in [6, 6.07) is 7.71. The molecular formula is C19H26N2O4. The summed E-state index contributed by atoms with van der Waals surface area (Å²) in [5.41, 5.74) is 2.19. The molecule has 0 saturated carbocycles. The average Bonchev–Trinajstić information content (AvgIpc) is 2.67. The van der Waals surface area contributed by atoms with Crippen LogP contribution in [0.3, 0.4) is 0 Å². The van der Waals surface area contributed by atoms with Gasteiger partial charge in [0, 0.05) is 35.2 Å². The first-order valence-corrected chi connectivity index (χ1v) is 8.98. The number of benzene rings is 1. The molecule has 0 spiro atoms. The zero-order valence-electron chi connectivity index (χ0n) is 14.7. The summed E-state index contributed by atoms with van der Waals surface area (Å²) < 4.78 is 11.0. The fraction of sp³-hybridized carbons (Fsp3) is 0.579. The highest BCUT2D eigenvalue weighted by Gasteiger charge is 2.35. The van der Waals surface area contributed by atoms with Gasteiger partial charge in [-0.1, -0.05) is 24.3 Å². The van der Waals surface area contributed by atoms with Crippen molar-refractivity contribution in [2.45, 2.75) is 25.2 Å². The number of para-hydroxylation sites is 1. The molecule has 25 heavy (non-hydrogen) atoms. The zero-order valence-corrected chi connectivity index (χ0v) is 14.7. The van der Waals surface area contributed by atoms with E-state index >= 15 is 0 Å². The van der Waals surface area contributed by atoms with Crippen LogP contribution in [-0.4, -0.2) is 49.8 Å². The Labute approximate surface area is 148 Å². The van der Waals surface area contributed by atoms with Crippen molar-refractivity contribution < 1.29 is 14.4 Å². The Morgan fingerprint density at radius 3 is 2.84 bits per heavy atom. The molecule has 1 aliphatic carbocycles. The summed E-state index contributed by atoms with van der Waals surface area (Å²) in [5, 5.41) is 11.4. The van der Waals surface area contributed by atoms with Gasteiger partial charge in [0.15, 0.2) is 0 Å². The van der Waals surface area contributed by atoms with E-state index in [1.54, 1.807) is 7.11 Å². The Balaban J connectivity index is 1.94. The standard InChI is InChI=1S/C19H26N2O4/c1-24-19-9-5-3-7-16(19)17(14-21(22)23)15-6-2-4-8-18(15)20-10-12-25-13-11-20/h3,5,7-9,15,17H,2,4,6,10-14H2,1H3/t15-,17+/m0/s1. The van der Waals surface area contributed by atoms with Gasteiger partial charge in [0.1, 0.15) is 5.75 Å². The summed E-state index contributed by atoms with van der Waals surface area (Å²) >= 11 is 0. The van der Waals surface area contributed by atoms with E-state index in [4.69, 9.17) is 9.47 Å². The minimum Gasteiger partial charge on any atom is -0.496 e. The average molecular weight is 346 g/mol. The lowest BCUT2D eigenvalue weighted by Crippen LogP contribution is -2.40. The van der Waals surface area contributed by atoms with Crippen molar-refractivity contribution in [3.8, 4) is 5.75 Å². The Kier molecular flexibility index (Phi) is 5.91. The fourth-order valence-electron chi connectivity index (χ4n) is 4.06. The summed E-state index contributed by atoms with van der Waals surface area (Å²) in [6.45, 7) is 3.09. The SMILES string of the molecule is COc1ccccc1[C@H](C[N+](=O)[O-])[C@@H]1CCCC=C1N1CCOCC1. The molecule has 0 radical (unpaired) electrons. The van der Waals surface area contributed by atoms with Gasteiger partial charge in [-0.25, -0.2) is 0 Å². The molecule has 136 valence electrons. The van der Waals surface area contributed by atoms with Crippen molar-refractivity contribution in [2.24, 2.45) is 5.92 Å². The number of ether oxygens (including phenoxy) is 2. The lowest BCUT2D eigenvalue weighted by molar-refractivity contribution is -0.484. The van der Waals surface area contributed by atoms with Crippen molar-refractivity contribution in [1.29, 1.82) is 0 Å². The van der Waals surface area contributed by atoms with Gasteiger partial charge in [0.2, 0.25) is 6.54 Å². The van der Waals surface area contributed by atoms with Crippen molar-refractivity contribution in [1.82, 2.24) is 4.90 Å². The van der Waals surface area contributed by atoms with Crippen LogP contribution in [-0.2, 0) is 4.74 Å². The number of rotatable bonds is 6. The van der Waals surface area contributed by atoms with E-state index in [9.17, 15) is 10.1 Å². The molecule has 1 aliphatic heterocycles. The summed E-state index contributed by atoms with van der Waals surface area (Å²) in [4.78, 5) is 13.6. The van der Waals surface area contributed by atoms with Crippen LogP contribution >= 0.6 is 0 Å². The number of hydrogen-bond acceptors (Lipinski definition) is 5. The molecule has 1 heterocycles. The third kappa shape index (κ3) is 4.12. The minimum absolute atomic E-state index is 0.0767. The van der Waals surface area contributed by atoms with Crippen LogP contribution in [0.15, 0.2) is 36.0 Å². The second kappa shape index (κ2) is 8.34. The molecule has 0 N–H and O–H groups in total. The molecule has 3 rings (SSSR count). The first-order valence-electron chi connectivity index (χ1n) is 8.98. The number of methoxy groups -OCH3 is 1. The molecule has 2 aliphatic rings. The molecular weight excluding hydrogens is 320 g/mol. The molecule has 6 nitrogen and oxygen atoms in total. The highest BCUT2D eigenvalue weighted by molar-refractivity contribution is 5.38. The second-order valence-electron chi connectivity index (χ2n) is 6.63. The molecule has 0 aromatic heterocycles. The van der Waals surface area contributed by atoms with E-state index in [1.807, 2.05) is 24.3 Å². The number of nitrogens with zero attached hydrogens (tertiary/aromatic N) is 2. The smallest absolute Gasteiger partial charge is 0.211 e. The predicted octanol–water partition coefficient (Wildman–Crippen LogP) is 3.07. The van der Waals surface area contributed by atoms with Gasteiger partial charge < -0.3 is 14.4 Å². The minimum atomic E-state index is -0.192. The van der Waals surface area contributed by atoms with Crippen LogP contribution in [0.4, 0.5) is 0 Å². The number of morpholine rings is 1. The maximum atomic E-state index is 11.4. The molecule has 1 fully saturated rings. The largest absolute Gasteiger partial charge is 0.496 e. The monoisotopic (exact) mass is 346 g/mol. The maximum Gasteiger partial charge on any atom is 0.211 e. The quantitative estimate of drug-likeness (QED) is 0.585. The van der Waals surface area contributed by atoms with Gasteiger partial charge in [0.25, 0.3) is 0 Å². The van der Waals surface area contributed by atoms with Gasteiger partial charge in [0.05, 0.1) is 26.2 Å². The van der Waals surface area contributed by atoms with Crippen LogP contribution in [0.1, 0.15) is 30.7 Å². The van der Waals surface area contributed by atoms with Crippen LogP contribution in [0.25, 0.3) is 0 Å². The molecule has 6 heteroatoms. The fourth-order valence-corrected chi connectivity index (χ4v) is 4.06. The molecule has 1 aromatic rings. The van der Waals surface area contributed by atoms with Gasteiger partial charge in [-0.2, -0.15) is 0 Å². The summed E-state index contributed by atoms with van der Waals surface area (Å²) in [6.07, 6.45) is 5.36. The molecule has 1 aromatic carbocycles. The lowest BCUT2D eigenvalue weighted by atomic mass is 9.77. The first-order chi connectivity index (χ1) is 12.2. The Hall–Kier alpha value is -2.08. The lowest BCUT2D eigenvalue weighted by Gasteiger charge is -2.39. The van der Waals surface area contributed by atoms with Crippen LogP contribution in [0.5, 0.6) is 5.75 Å². The van der Waals surface area contributed by atoms with E-state index in [0.29, 0.717) is 0 Å². The van der Waals surface area contributed by atoms with Gasteiger partial charge >= 0.3 is 0 Å². The van der Waals surface area contributed by atoms with E-state index in [0.717, 1.165) is 56.9 Å². The van der Waals surface area contributed by atoms with E-state index < -0.39 is 0 Å². The van der Waals surface area contributed by atoms with E-state index in [2.05, 4.69) is 11.0 Å². The number of nitro groups is 1. The van der Waals surface area contributed by atoms with Gasteiger partial charge in [-0.05, 0) is 25.3 Å². The maximum absolute atomic E-state index is 11.4. The predicted molar refractivity (Wildman–Crippen MR) is 95.4 cm³/mol. The van der Waals surface area contributed by atoms with Crippen LogP contribution in [0.2, 0.25) is 0 Å². The first kappa shape index (κ1) is 17.7. The third-order valence-electron chi connectivity index (χ3n) is 5.20. The molecule has 0 unspecified atom stereocenters. The highest BCUT2D eigenvalue weighted by atomic mass is 16.6. The van der Waals surface area contributed by atoms with Crippen molar-refractivity contribution in [2.75, 3.05) is 40.0 Å². The Bertz CT molecular complexity index is 626. The molecule has 0 bridgehead atoms.